The van der Waals surface area contributed by atoms with Crippen molar-refractivity contribution in [3.63, 3.8) is 0 Å². The number of Topliss-reactive ketones (excluding diaryl/α,β-unsaturated/α-hetero) is 1. The van der Waals surface area contributed by atoms with Gasteiger partial charge in [-0.1, -0.05) is 30.2 Å². The van der Waals surface area contributed by atoms with Crippen LogP contribution < -0.4 is 0 Å². The van der Waals surface area contributed by atoms with E-state index in [2.05, 4.69) is 0 Å². The second-order valence-corrected chi connectivity index (χ2v) is 5.93. The molecule has 0 saturated heterocycles. The SMILES string of the molecule is Cc1ccc(CC(=O)C2C3CCCC32)c(Cl)c1. The number of hydrogen-bond donors (Lipinski definition) is 0. The Morgan fingerprint density at radius 1 is 1.35 bits per heavy atom. The highest BCUT2D eigenvalue weighted by molar-refractivity contribution is 6.31. The molecule has 2 aliphatic carbocycles. The predicted molar refractivity (Wildman–Crippen MR) is 69.2 cm³/mol. The van der Waals surface area contributed by atoms with Crippen molar-refractivity contribution in [3.05, 3.63) is 34.3 Å². The van der Waals surface area contributed by atoms with Crippen LogP contribution in [0.15, 0.2) is 18.2 Å². The summed E-state index contributed by atoms with van der Waals surface area (Å²) >= 11 is 6.17. The van der Waals surface area contributed by atoms with Gasteiger partial charge in [-0.05, 0) is 48.8 Å². The summed E-state index contributed by atoms with van der Waals surface area (Å²) in [5.74, 6) is 2.20. The Labute approximate surface area is 107 Å². The lowest BCUT2D eigenvalue weighted by Gasteiger charge is -2.06. The molecule has 3 rings (SSSR count). The van der Waals surface area contributed by atoms with Crippen LogP contribution in [0.3, 0.4) is 0 Å². The highest BCUT2D eigenvalue weighted by atomic mass is 35.5. The standard InChI is InChI=1S/C15H17ClO/c1-9-5-6-10(13(16)7-9)8-14(17)15-11-3-2-4-12(11)15/h5-7,11-12,15H,2-4,8H2,1H3. The van der Waals surface area contributed by atoms with E-state index in [9.17, 15) is 4.79 Å². The Hall–Kier alpha value is -0.820. The highest BCUT2D eigenvalue weighted by Gasteiger charge is 2.55. The van der Waals surface area contributed by atoms with E-state index in [1.165, 1.54) is 19.3 Å². The lowest BCUT2D eigenvalue weighted by Crippen LogP contribution is -2.09. The molecular weight excluding hydrogens is 232 g/mol. The Morgan fingerprint density at radius 3 is 2.71 bits per heavy atom. The van der Waals surface area contributed by atoms with Gasteiger partial charge in [0.2, 0.25) is 0 Å². The van der Waals surface area contributed by atoms with Gasteiger partial charge < -0.3 is 0 Å². The molecule has 2 fully saturated rings. The molecule has 0 spiro atoms. The topological polar surface area (TPSA) is 17.1 Å². The Balaban J connectivity index is 1.69. The number of rotatable bonds is 3. The third kappa shape index (κ3) is 2.01. The van der Waals surface area contributed by atoms with Gasteiger partial charge in [-0.25, -0.2) is 0 Å². The van der Waals surface area contributed by atoms with Crippen LogP contribution >= 0.6 is 11.6 Å². The smallest absolute Gasteiger partial charge is 0.140 e. The van der Waals surface area contributed by atoms with Gasteiger partial charge in [0, 0.05) is 17.4 Å². The number of halogens is 1. The van der Waals surface area contributed by atoms with Crippen LogP contribution in [0, 0.1) is 24.7 Å². The maximum atomic E-state index is 12.2. The Bertz CT molecular complexity index is 456. The number of carbonyl (C=O) groups is 1. The van der Waals surface area contributed by atoms with E-state index in [-0.39, 0.29) is 0 Å². The third-order valence-corrected chi connectivity index (χ3v) is 4.70. The molecule has 0 radical (unpaired) electrons. The molecule has 0 N–H and O–H groups in total. The van der Waals surface area contributed by atoms with Gasteiger partial charge >= 0.3 is 0 Å². The molecular formula is C15H17ClO. The minimum Gasteiger partial charge on any atom is -0.299 e. The molecule has 2 unspecified atom stereocenters. The van der Waals surface area contributed by atoms with Crippen molar-refractivity contribution in [1.29, 1.82) is 0 Å². The predicted octanol–water partition coefficient (Wildman–Crippen LogP) is 3.81. The zero-order valence-corrected chi connectivity index (χ0v) is 10.8. The van der Waals surface area contributed by atoms with Gasteiger partial charge in [0.05, 0.1) is 0 Å². The first-order valence-corrected chi connectivity index (χ1v) is 6.82. The van der Waals surface area contributed by atoms with Crippen molar-refractivity contribution >= 4 is 17.4 Å². The molecule has 0 bridgehead atoms. The van der Waals surface area contributed by atoms with E-state index in [1.807, 2.05) is 25.1 Å². The summed E-state index contributed by atoms with van der Waals surface area (Å²) in [7, 11) is 0. The largest absolute Gasteiger partial charge is 0.299 e. The number of benzene rings is 1. The van der Waals surface area contributed by atoms with Gasteiger partial charge in [0.1, 0.15) is 5.78 Å². The van der Waals surface area contributed by atoms with E-state index in [4.69, 9.17) is 11.6 Å². The van der Waals surface area contributed by atoms with Crippen LogP contribution in [0.2, 0.25) is 5.02 Å². The summed E-state index contributed by atoms with van der Waals surface area (Å²) in [6, 6.07) is 5.97. The first-order valence-electron chi connectivity index (χ1n) is 6.44. The molecule has 2 heteroatoms. The molecule has 2 aliphatic rings. The van der Waals surface area contributed by atoms with Crippen molar-refractivity contribution in [2.75, 3.05) is 0 Å². The number of carbonyl (C=O) groups excluding carboxylic acids is 1. The van der Waals surface area contributed by atoms with Gasteiger partial charge in [0.25, 0.3) is 0 Å². The molecule has 0 heterocycles. The number of fused-ring (bicyclic) bond motifs is 1. The molecule has 2 saturated carbocycles. The average Bonchev–Trinajstić information content (AvgIpc) is 2.77. The molecule has 1 nitrogen and oxygen atoms in total. The van der Waals surface area contributed by atoms with E-state index in [1.54, 1.807) is 0 Å². The van der Waals surface area contributed by atoms with Crippen molar-refractivity contribution < 1.29 is 4.79 Å². The Morgan fingerprint density at radius 2 is 2.06 bits per heavy atom. The maximum Gasteiger partial charge on any atom is 0.140 e. The molecule has 1 aromatic rings. The summed E-state index contributed by atoms with van der Waals surface area (Å²) in [4.78, 5) is 12.2. The fourth-order valence-corrected chi connectivity index (χ4v) is 3.70. The van der Waals surface area contributed by atoms with Gasteiger partial charge in [0.15, 0.2) is 0 Å². The van der Waals surface area contributed by atoms with Crippen LogP contribution in [0.5, 0.6) is 0 Å². The third-order valence-electron chi connectivity index (χ3n) is 4.35. The van der Waals surface area contributed by atoms with Crippen molar-refractivity contribution in [3.8, 4) is 0 Å². The zero-order chi connectivity index (χ0) is 12.0. The number of aryl methyl sites for hydroxylation is 1. The fourth-order valence-electron chi connectivity index (χ4n) is 3.40. The summed E-state index contributed by atoms with van der Waals surface area (Å²) < 4.78 is 0. The average molecular weight is 249 g/mol. The molecule has 0 amide bonds. The zero-order valence-electron chi connectivity index (χ0n) is 10.1. The molecule has 1 aromatic carbocycles. The van der Waals surface area contributed by atoms with Crippen LogP contribution in [-0.2, 0) is 11.2 Å². The highest BCUT2D eigenvalue weighted by Crippen LogP contribution is 2.58. The van der Waals surface area contributed by atoms with E-state index >= 15 is 0 Å². The van der Waals surface area contributed by atoms with Crippen LogP contribution in [0.1, 0.15) is 30.4 Å². The minimum absolute atomic E-state index is 0.362. The van der Waals surface area contributed by atoms with E-state index in [0.29, 0.717) is 30.0 Å². The van der Waals surface area contributed by atoms with Crippen LogP contribution in [-0.4, -0.2) is 5.78 Å². The van der Waals surface area contributed by atoms with Crippen LogP contribution in [0.4, 0.5) is 0 Å². The molecule has 2 atom stereocenters. The molecule has 0 aliphatic heterocycles. The quantitative estimate of drug-likeness (QED) is 0.795. The van der Waals surface area contributed by atoms with Gasteiger partial charge in [-0.15, -0.1) is 0 Å². The van der Waals surface area contributed by atoms with Crippen LogP contribution in [0.25, 0.3) is 0 Å². The van der Waals surface area contributed by atoms with Crippen molar-refractivity contribution in [1.82, 2.24) is 0 Å². The lowest BCUT2D eigenvalue weighted by atomic mass is 10.0. The fraction of sp³-hybridized carbons (Fsp3) is 0.533. The van der Waals surface area contributed by atoms with Crippen molar-refractivity contribution in [2.24, 2.45) is 17.8 Å². The summed E-state index contributed by atoms with van der Waals surface area (Å²) in [5.41, 5.74) is 2.14. The molecule has 90 valence electrons. The normalized spacial score (nSPS) is 30.1. The second-order valence-electron chi connectivity index (χ2n) is 5.52. The van der Waals surface area contributed by atoms with E-state index < -0.39 is 0 Å². The summed E-state index contributed by atoms with van der Waals surface area (Å²) in [6.07, 6.45) is 4.38. The van der Waals surface area contributed by atoms with Gasteiger partial charge in [-0.3, -0.25) is 4.79 Å². The second kappa shape index (κ2) is 4.13. The lowest BCUT2D eigenvalue weighted by molar-refractivity contribution is -0.120. The monoisotopic (exact) mass is 248 g/mol. The van der Waals surface area contributed by atoms with E-state index in [0.717, 1.165) is 16.1 Å². The number of ketones is 1. The summed E-state index contributed by atoms with van der Waals surface area (Å²) in [5, 5.41) is 0.740. The maximum absolute atomic E-state index is 12.2. The van der Waals surface area contributed by atoms with Crippen molar-refractivity contribution in [2.45, 2.75) is 32.6 Å². The summed E-state index contributed by atoms with van der Waals surface area (Å²) in [6.45, 7) is 2.02. The number of hydrogen-bond acceptors (Lipinski definition) is 1. The molecule has 0 aromatic heterocycles. The van der Waals surface area contributed by atoms with Gasteiger partial charge in [-0.2, -0.15) is 0 Å². The first-order chi connectivity index (χ1) is 8.16. The minimum atomic E-state index is 0.362. The first kappa shape index (κ1) is 11.3. The molecule has 17 heavy (non-hydrogen) atoms. The Kier molecular flexibility index (Phi) is 2.74.